The standard InChI is InChI=1S/C29H36ClN3O.C28H33ClFN3O2/c1-7-24-26(30)17-27(31)25(8-2)28(24)32-29(34)33(20(6)22-11-9-19(5)10-12-22)23-15-13-21(14-16-23)18(3)4;1-6-22-24(29)15-26(31)23(7-2)27(22)32-28(34)33(20-11-8-18(9-12-20)17(3)4)16-19-10-13-21(35-5)14-25(19)30/h9-18,20H,7-8,31H2,1-6H3,(H,32,34);8-15,17H,6-7,16,31H2,1-5H3,(H,32,34). The highest BCUT2D eigenvalue weighted by Crippen LogP contribution is 2.38. The Morgan fingerprint density at radius 1 is 0.609 bits per heavy atom. The van der Waals surface area contributed by atoms with Crippen molar-refractivity contribution in [2.24, 2.45) is 0 Å². The number of benzene rings is 6. The number of halogens is 3. The van der Waals surface area contributed by atoms with Crippen molar-refractivity contribution in [1.29, 1.82) is 0 Å². The molecule has 0 saturated heterocycles. The average Bonchev–Trinajstić information content (AvgIpc) is 3.32. The van der Waals surface area contributed by atoms with Crippen LogP contribution in [0.2, 0.25) is 10.0 Å². The Bertz CT molecular complexity index is 2650. The molecule has 0 aliphatic heterocycles. The number of aryl methyl sites for hydroxylation is 1. The quantitative estimate of drug-likeness (QED) is 0.0763. The van der Waals surface area contributed by atoms with Crippen LogP contribution in [0.15, 0.2) is 103 Å². The molecule has 366 valence electrons. The van der Waals surface area contributed by atoms with Gasteiger partial charge in [-0.3, -0.25) is 9.80 Å². The smallest absolute Gasteiger partial charge is 0.326 e. The van der Waals surface area contributed by atoms with Gasteiger partial charge >= 0.3 is 12.1 Å². The van der Waals surface area contributed by atoms with Crippen molar-refractivity contribution < 1.29 is 18.7 Å². The summed E-state index contributed by atoms with van der Waals surface area (Å²) in [6.45, 7) is 20.7. The van der Waals surface area contributed by atoms with Crippen molar-refractivity contribution in [2.75, 3.05) is 39.0 Å². The molecule has 69 heavy (non-hydrogen) atoms. The molecule has 0 aliphatic carbocycles. The van der Waals surface area contributed by atoms with Crippen LogP contribution in [0, 0.1) is 12.7 Å². The summed E-state index contributed by atoms with van der Waals surface area (Å²) in [4.78, 5) is 30.9. The molecule has 4 amide bonds. The molecular weight excluding hydrogens is 907 g/mol. The second-order valence-corrected chi connectivity index (χ2v) is 18.6. The topological polar surface area (TPSA) is 126 Å². The van der Waals surface area contributed by atoms with E-state index in [1.807, 2.05) is 69.0 Å². The second-order valence-electron chi connectivity index (χ2n) is 17.8. The summed E-state index contributed by atoms with van der Waals surface area (Å²) in [7, 11) is 1.48. The molecule has 9 nitrogen and oxygen atoms in total. The maximum Gasteiger partial charge on any atom is 0.326 e. The predicted octanol–water partition coefficient (Wildman–Crippen LogP) is 15.8. The molecule has 0 radical (unpaired) electrons. The zero-order chi connectivity index (χ0) is 50.7. The largest absolute Gasteiger partial charge is 0.497 e. The van der Waals surface area contributed by atoms with Gasteiger partial charge in [0.2, 0.25) is 0 Å². The van der Waals surface area contributed by atoms with E-state index in [0.717, 1.165) is 44.8 Å². The van der Waals surface area contributed by atoms with Gasteiger partial charge in [0, 0.05) is 44.4 Å². The van der Waals surface area contributed by atoms with E-state index in [1.165, 1.54) is 29.2 Å². The maximum atomic E-state index is 14.8. The molecule has 0 aromatic heterocycles. The molecular formula is C57H69Cl2FN6O3. The van der Waals surface area contributed by atoms with Crippen molar-refractivity contribution in [2.45, 2.75) is 119 Å². The summed E-state index contributed by atoms with van der Waals surface area (Å²) >= 11 is 13.0. The van der Waals surface area contributed by atoms with Gasteiger partial charge in [-0.25, -0.2) is 14.0 Å². The van der Waals surface area contributed by atoms with E-state index in [9.17, 15) is 14.0 Å². The lowest BCUT2D eigenvalue weighted by atomic mass is 10.00. The van der Waals surface area contributed by atoms with Gasteiger partial charge in [-0.1, -0.05) is 139 Å². The molecule has 6 N–H and O–H groups in total. The zero-order valence-corrected chi connectivity index (χ0v) is 43.5. The lowest BCUT2D eigenvalue weighted by molar-refractivity contribution is 0.255. The molecule has 0 saturated carbocycles. The molecule has 0 spiro atoms. The minimum atomic E-state index is -0.448. The number of amides is 4. The number of urea groups is 2. The number of methoxy groups -OCH3 is 1. The van der Waals surface area contributed by atoms with E-state index in [-0.39, 0.29) is 18.6 Å². The van der Waals surface area contributed by atoms with Gasteiger partial charge in [0.1, 0.15) is 11.6 Å². The zero-order valence-electron chi connectivity index (χ0n) is 42.0. The average molecular weight is 976 g/mol. The first-order valence-electron chi connectivity index (χ1n) is 23.8. The normalized spacial score (nSPS) is 11.5. The fourth-order valence-corrected chi connectivity index (χ4v) is 9.10. The number of carbonyl (C=O) groups excluding carboxylic acids is 2. The Kier molecular flexibility index (Phi) is 19.0. The minimum absolute atomic E-state index is 0.0294. The van der Waals surface area contributed by atoms with Crippen LogP contribution in [0.3, 0.4) is 0 Å². The highest BCUT2D eigenvalue weighted by molar-refractivity contribution is 6.32. The molecule has 0 heterocycles. The van der Waals surface area contributed by atoms with Crippen molar-refractivity contribution in [3.8, 4) is 5.75 Å². The van der Waals surface area contributed by atoms with Crippen LogP contribution in [0.4, 0.5) is 48.1 Å². The van der Waals surface area contributed by atoms with E-state index >= 15 is 0 Å². The van der Waals surface area contributed by atoms with Gasteiger partial charge in [-0.15, -0.1) is 0 Å². The van der Waals surface area contributed by atoms with E-state index in [1.54, 1.807) is 24.3 Å². The number of hydrogen-bond donors (Lipinski definition) is 4. The summed E-state index contributed by atoms with van der Waals surface area (Å²) in [6.07, 6.45) is 2.64. The van der Waals surface area contributed by atoms with Crippen LogP contribution in [0.1, 0.15) is 130 Å². The molecule has 1 unspecified atom stereocenters. The minimum Gasteiger partial charge on any atom is -0.497 e. The third-order valence-electron chi connectivity index (χ3n) is 12.6. The summed E-state index contributed by atoms with van der Waals surface area (Å²) < 4.78 is 20.0. The van der Waals surface area contributed by atoms with Gasteiger partial charge in [0.05, 0.1) is 31.1 Å². The van der Waals surface area contributed by atoms with Crippen LogP contribution < -0.4 is 36.6 Å². The van der Waals surface area contributed by atoms with Gasteiger partial charge in [-0.05, 0) is 133 Å². The fourth-order valence-electron chi connectivity index (χ4n) is 8.41. The Morgan fingerprint density at radius 3 is 1.46 bits per heavy atom. The number of nitrogen functional groups attached to an aromatic ring is 2. The van der Waals surface area contributed by atoms with E-state index < -0.39 is 11.8 Å². The van der Waals surface area contributed by atoms with E-state index in [4.69, 9.17) is 39.4 Å². The van der Waals surface area contributed by atoms with Crippen LogP contribution >= 0.6 is 23.2 Å². The lowest BCUT2D eigenvalue weighted by Gasteiger charge is -2.31. The number of hydrogen-bond acceptors (Lipinski definition) is 5. The Labute approximate surface area is 419 Å². The predicted molar refractivity (Wildman–Crippen MR) is 290 cm³/mol. The van der Waals surface area contributed by atoms with E-state index in [0.29, 0.717) is 81.6 Å². The van der Waals surface area contributed by atoms with Crippen molar-refractivity contribution in [3.63, 3.8) is 0 Å². The summed E-state index contributed by atoms with van der Waals surface area (Å²) in [5, 5.41) is 7.30. The first kappa shape index (κ1) is 53.7. The summed E-state index contributed by atoms with van der Waals surface area (Å²) in [6, 6.07) is 31.6. The number of ether oxygens (including phenoxy) is 1. The highest BCUT2D eigenvalue weighted by atomic mass is 35.5. The molecule has 6 rings (SSSR count). The van der Waals surface area contributed by atoms with Crippen LogP contribution in [-0.4, -0.2) is 19.2 Å². The molecule has 0 aliphatic rings. The third-order valence-corrected chi connectivity index (χ3v) is 13.3. The number of carbonyl (C=O) groups is 2. The second kappa shape index (κ2) is 24.4. The van der Waals surface area contributed by atoms with Crippen molar-refractivity contribution in [3.05, 3.63) is 169 Å². The van der Waals surface area contributed by atoms with Crippen LogP contribution in [0.5, 0.6) is 5.75 Å². The SMILES string of the molecule is CCc1c(N)cc(Cl)c(CC)c1NC(=O)N(Cc1ccc(OC)cc1F)c1ccc(C(C)C)cc1.CCc1c(N)cc(Cl)c(CC)c1NC(=O)N(c1ccc(C(C)C)cc1)C(C)c1ccc(C)cc1. The fraction of sp³-hybridized carbons (Fsp3) is 0.333. The number of anilines is 6. The maximum absolute atomic E-state index is 14.8. The first-order chi connectivity index (χ1) is 32.9. The number of nitrogens with zero attached hydrogens (tertiary/aromatic N) is 2. The molecule has 6 aromatic carbocycles. The van der Waals surface area contributed by atoms with Crippen molar-refractivity contribution >= 4 is 69.4 Å². The van der Waals surface area contributed by atoms with Crippen LogP contribution in [0.25, 0.3) is 0 Å². The molecule has 12 heteroatoms. The molecule has 0 fully saturated rings. The Hall–Kier alpha value is -6.23. The van der Waals surface area contributed by atoms with Crippen LogP contribution in [-0.2, 0) is 32.2 Å². The first-order valence-corrected chi connectivity index (χ1v) is 24.6. The summed E-state index contributed by atoms with van der Waals surface area (Å²) in [5.74, 6) is 0.730. The van der Waals surface area contributed by atoms with Gasteiger partial charge < -0.3 is 26.8 Å². The molecule has 0 bridgehead atoms. The van der Waals surface area contributed by atoms with Crippen molar-refractivity contribution in [1.82, 2.24) is 0 Å². The Morgan fingerprint density at radius 2 is 1.04 bits per heavy atom. The van der Waals surface area contributed by atoms with Gasteiger partial charge in [0.15, 0.2) is 0 Å². The van der Waals surface area contributed by atoms with Gasteiger partial charge in [-0.2, -0.15) is 0 Å². The van der Waals surface area contributed by atoms with E-state index in [2.05, 4.69) is 88.6 Å². The van der Waals surface area contributed by atoms with Gasteiger partial charge in [0.25, 0.3) is 0 Å². The number of nitrogens with two attached hydrogens (primary N) is 2. The highest BCUT2D eigenvalue weighted by Gasteiger charge is 2.27. The third kappa shape index (κ3) is 12.9. The monoisotopic (exact) mass is 974 g/mol. The molecule has 1 atom stereocenters. The number of nitrogens with one attached hydrogen (secondary N) is 2. The molecule has 6 aromatic rings. The summed E-state index contributed by atoms with van der Waals surface area (Å²) in [5.41, 5.74) is 24.9. The lowest BCUT2D eigenvalue weighted by Crippen LogP contribution is -2.37. The number of rotatable bonds is 15. The Balaban J connectivity index is 0.000000258.